The fourth-order valence-electron chi connectivity index (χ4n) is 3.12. The third-order valence-corrected chi connectivity index (χ3v) is 4.26. The lowest BCUT2D eigenvalue weighted by Gasteiger charge is -2.33. The first-order chi connectivity index (χ1) is 10.4. The molecule has 0 aliphatic carbocycles. The largest absolute Gasteiger partial charge is 0.342 e. The Labute approximate surface area is 129 Å². The molecule has 0 spiro atoms. The number of benzene rings is 1. The Morgan fingerprint density at radius 3 is 2.50 bits per heavy atom. The summed E-state index contributed by atoms with van der Waals surface area (Å²) in [6, 6.07) is 3.48. The van der Waals surface area contributed by atoms with Gasteiger partial charge in [0, 0.05) is 12.0 Å². The molecule has 1 aromatic carbocycles. The van der Waals surface area contributed by atoms with Crippen LogP contribution in [-0.4, -0.2) is 34.4 Å². The van der Waals surface area contributed by atoms with Crippen molar-refractivity contribution in [1.29, 1.82) is 0 Å². The number of nitrogens with zero attached hydrogens (tertiary/aromatic N) is 2. The molecule has 1 N–H and O–H groups in total. The molecule has 0 unspecified atom stereocenters. The van der Waals surface area contributed by atoms with E-state index in [9.17, 15) is 14.4 Å². The van der Waals surface area contributed by atoms with Crippen LogP contribution in [0.2, 0.25) is 0 Å². The lowest BCUT2D eigenvalue weighted by Crippen LogP contribution is -2.56. The fraction of sp³-hybridized carbons (Fsp3) is 0.438. The molecule has 116 valence electrons. The SMILES string of the molecule is Cc1ccc(C(C)C)c2c1C(=O)N(N1CCC(=O)NC1=O)C2. The zero-order valence-electron chi connectivity index (χ0n) is 13.0. The third kappa shape index (κ3) is 2.15. The fourth-order valence-corrected chi connectivity index (χ4v) is 3.12. The number of hydrazine groups is 1. The van der Waals surface area contributed by atoms with Gasteiger partial charge < -0.3 is 0 Å². The predicted molar refractivity (Wildman–Crippen MR) is 80.0 cm³/mol. The molecule has 3 rings (SSSR count). The van der Waals surface area contributed by atoms with Gasteiger partial charge in [0.15, 0.2) is 0 Å². The summed E-state index contributed by atoms with van der Waals surface area (Å²) in [5.74, 6) is -0.164. The minimum absolute atomic E-state index is 0.167. The monoisotopic (exact) mass is 301 g/mol. The summed E-state index contributed by atoms with van der Waals surface area (Å²) in [6.07, 6.45) is 0.210. The van der Waals surface area contributed by atoms with Gasteiger partial charge in [-0.05, 0) is 29.5 Å². The van der Waals surface area contributed by atoms with E-state index in [0.717, 1.165) is 16.7 Å². The van der Waals surface area contributed by atoms with Crippen molar-refractivity contribution in [3.63, 3.8) is 0 Å². The van der Waals surface area contributed by atoms with Crippen LogP contribution in [0.1, 0.15) is 53.2 Å². The van der Waals surface area contributed by atoms with Crippen molar-refractivity contribution in [2.45, 2.75) is 39.7 Å². The average Bonchev–Trinajstić information content (AvgIpc) is 2.77. The molecule has 2 aliphatic rings. The van der Waals surface area contributed by atoms with Gasteiger partial charge in [-0.2, -0.15) is 0 Å². The highest BCUT2D eigenvalue weighted by Crippen LogP contribution is 2.33. The van der Waals surface area contributed by atoms with Crippen LogP contribution in [-0.2, 0) is 11.3 Å². The zero-order chi connectivity index (χ0) is 16.0. The highest BCUT2D eigenvalue weighted by molar-refractivity contribution is 6.03. The number of carbonyl (C=O) groups is 3. The van der Waals surface area contributed by atoms with Crippen LogP contribution in [0.15, 0.2) is 12.1 Å². The van der Waals surface area contributed by atoms with E-state index in [4.69, 9.17) is 0 Å². The average molecular weight is 301 g/mol. The molecule has 1 fully saturated rings. The van der Waals surface area contributed by atoms with E-state index in [1.807, 2.05) is 13.0 Å². The molecule has 0 radical (unpaired) electrons. The topological polar surface area (TPSA) is 69.7 Å². The van der Waals surface area contributed by atoms with Crippen molar-refractivity contribution in [3.05, 3.63) is 34.4 Å². The molecule has 1 aromatic rings. The number of aryl methyl sites for hydroxylation is 1. The number of imide groups is 1. The van der Waals surface area contributed by atoms with Gasteiger partial charge in [-0.25, -0.2) is 14.8 Å². The van der Waals surface area contributed by atoms with Gasteiger partial charge in [0.1, 0.15) is 0 Å². The third-order valence-electron chi connectivity index (χ3n) is 4.26. The Kier molecular flexibility index (Phi) is 3.39. The smallest absolute Gasteiger partial charge is 0.276 e. The van der Waals surface area contributed by atoms with Gasteiger partial charge in [-0.15, -0.1) is 0 Å². The van der Waals surface area contributed by atoms with Crippen LogP contribution in [0, 0.1) is 6.92 Å². The zero-order valence-corrected chi connectivity index (χ0v) is 13.0. The van der Waals surface area contributed by atoms with Crippen LogP contribution < -0.4 is 5.32 Å². The van der Waals surface area contributed by atoms with Gasteiger partial charge in [0.05, 0.1) is 13.1 Å². The van der Waals surface area contributed by atoms with Crippen LogP contribution >= 0.6 is 0 Å². The Bertz CT molecular complexity index is 681. The maximum Gasteiger partial charge on any atom is 0.342 e. The lowest BCUT2D eigenvalue weighted by atomic mass is 9.92. The van der Waals surface area contributed by atoms with Crippen LogP contribution in [0.3, 0.4) is 0 Å². The number of urea groups is 1. The maximum absolute atomic E-state index is 12.7. The van der Waals surface area contributed by atoms with Crippen molar-refractivity contribution >= 4 is 17.8 Å². The van der Waals surface area contributed by atoms with Crippen LogP contribution in [0.4, 0.5) is 4.79 Å². The maximum atomic E-state index is 12.7. The van der Waals surface area contributed by atoms with E-state index in [1.54, 1.807) is 0 Å². The molecule has 0 atom stereocenters. The number of nitrogens with one attached hydrogen (secondary N) is 1. The summed E-state index contributed by atoms with van der Waals surface area (Å²) in [6.45, 7) is 6.70. The highest BCUT2D eigenvalue weighted by atomic mass is 16.2. The van der Waals surface area contributed by atoms with Gasteiger partial charge >= 0.3 is 6.03 Å². The number of hydrogen-bond donors (Lipinski definition) is 1. The Morgan fingerprint density at radius 2 is 1.86 bits per heavy atom. The summed E-state index contributed by atoms with van der Waals surface area (Å²) in [4.78, 5) is 36.0. The first-order valence-corrected chi connectivity index (χ1v) is 7.45. The molecule has 0 saturated carbocycles. The van der Waals surface area contributed by atoms with E-state index in [-0.39, 0.29) is 24.8 Å². The number of rotatable bonds is 2. The van der Waals surface area contributed by atoms with Gasteiger partial charge in [0.25, 0.3) is 5.91 Å². The molecular weight excluding hydrogens is 282 g/mol. The van der Waals surface area contributed by atoms with E-state index >= 15 is 0 Å². The van der Waals surface area contributed by atoms with Crippen LogP contribution in [0.5, 0.6) is 0 Å². The minimum Gasteiger partial charge on any atom is -0.276 e. The van der Waals surface area contributed by atoms with E-state index in [0.29, 0.717) is 18.0 Å². The summed E-state index contributed by atoms with van der Waals surface area (Å²) in [5.41, 5.74) is 3.73. The standard InChI is InChI=1S/C16H19N3O3/c1-9(2)11-5-4-10(3)14-12(11)8-19(15(14)21)18-7-6-13(20)17-16(18)22/h4-5,9H,6-8H2,1-3H3,(H,17,20,22). The lowest BCUT2D eigenvalue weighted by molar-refractivity contribution is -0.123. The van der Waals surface area contributed by atoms with Crippen LogP contribution in [0.25, 0.3) is 0 Å². The second-order valence-corrected chi connectivity index (χ2v) is 6.07. The molecule has 6 heteroatoms. The summed E-state index contributed by atoms with van der Waals surface area (Å²) >= 11 is 0. The molecule has 6 nitrogen and oxygen atoms in total. The summed E-state index contributed by atoms with van der Waals surface area (Å²) in [5, 5.41) is 5.05. The number of fused-ring (bicyclic) bond motifs is 1. The number of hydrogen-bond acceptors (Lipinski definition) is 3. The van der Waals surface area contributed by atoms with Crippen molar-refractivity contribution in [3.8, 4) is 0 Å². The molecule has 2 aliphatic heterocycles. The Balaban J connectivity index is 1.97. The van der Waals surface area contributed by atoms with Gasteiger partial charge in [0.2, 0.25) is 5.91 Å². The normalized spacial score (nSPS) is 18.1. The van der Waals surface area contributed by atoms with Crippen molar-refractivity contribution in [1.82, 2.24) is 15.3 Å². The quantitative estimate of drug-likeness (QED) is 0.907. The molecule has 0 bridgehead atoms. The second-order valence-electron chi connectivity index (χ2n) is 6.07. The van der Waals surface area contributed by atoms with Crippen molar-refractivity contribution in [2.75, 3.05) is 6.54 Å². The highest BCUT2D eigenvalue weighted by Gasteiger charge is 2.38. The minimum atomic E-state index is -0.527. The van der Waals surface area contributed by atoms with E-state index in [2.05, 4.69) is 25.2 Å². The molecule has 1 saturated heterocycles. The molecule has 2 heterocycles. The van der Waals surface area contributed by atoms with E-state index < -0.39 is 6.03 Å². The molecule has 0 aromatic heterocycles. The van der Waals surface area contributed by atoms with Gasteiger partial charge in [-0.1, -0.05) is 26.0 Å². The van der Waals surface area contributed by atoms with E-state index in [1.165, 1.54) is 10.0 Å². The first-order valence-electron chi connectivity index (χ1n) is 7.45. The molecule has 22 heavy (non-hydrogen) atoms. The predicted octanol–water partition coefficient (Wildman–Crippen LogP) is 1.93. The Morgan fingerprint density at radius 1 is 1.14 bits per heavy atom. The molecular formula is C16H19N3O3. The second kappa shape index (κ2) is 5.12. The molecule has 4 amide bonds. The Hall–Kier alpha value is -2.37. The summed E-state index contributed by atoms with van der Waals surface area (Å²) in [7, 11) is 0. The number of amides is 4. The van der Waals surface area contributed by atoms with Crippen molar-refractivity contribution < 1.29 is 14.4 Å². The van der Waals surface area contributed by atoms with Crippen molar-refractivity contribution in [2.24, 2.45) is 0 Å². The van der Waals surface area contributed by atoms with Gasteiger partial charge in [-0.3, -0.25) is 14.9 Å². The number of carbonyl (C=O) groups excluding carboxylic acids is 3. The summed E-state index contributed by atoms with van der Waals surface area (Å²) < 4.78 is 0. The first kappa shape index (κ1) is 14.6.